The first kappa shape index (κ1) is 13.1. The first-order chi connectivity index (χ1) is 9.90. The van der Waals surface area contributed by atoms with E-state index in [-0.39, 0.29) is 0 Å². The van der Waals surface area contributed by atoms with E-state index in [0.717, 1.165) is 20.9 Å². The lowest BCUT2D eigenvalue weighted by molar-refractivity contribution is 1.01. The molecule has 2 aromatic carbocycles. The zero-order valence-corrected chi connectivity index (χ0v) is 12.3. The van der Waals surface area contributed by atoms with Crippen LogP contribution in [0.3, 0.4) is 0 Å². The van der Waals surface area contributed by atoms with Crippen molar-refractivity contribution >= 4 is 33.9 Å². The molecule has 0 aliphatic rings. The highest BCUT2D eigenvalue weighted by molar-refractivity contribution is 8.00. The SMILES string of the molecule is c1ccc(CSc2nnc(Nc3ccccc3)s2)cc1. The van der Waals surface area contributed by atoms with Crippen LogP contribution in [-0.2, 0) is 5.75 Å². The Morgan fingerprint density at radius 3 is 2.35 bits per heavy atom. The van der Waals surface area contributed by atoms with Gasteiger partial charge in [-0.25, -0.2) is 0 Å². The van der Waals surface area contributed by atoms with E-state index in [1.54, 1.807) is 23.1 Å². The molecule has 3 rings (SSSR count). The largest absolute Gasteiger partial charge is 0.330 e. The lowest BCUT2D eigenvalue weighted by Gasteiger charge is -1.99. The third-order valence-corrected chi connectivity index (χ3v) is 4.68. The average Bonchev–Trinajstić information content (AvgIpc) is 2.95. The fourth-order valence-electron chi connectivity index (χ4n) is 1.68. The Balaban J connectivity index is 1.60. The summed E-state index contributed by atoms with van der Waals surface area (Å²) in [6.07, 6.45) is 0. The third-order valence-electron chi connectivity index (χ3n) is 2.64. The summed E-state index contributed by atoms with van der Waals surface area (Å²) in [4.78, 5) is 0. The molecule has 0 aliphatic heterocycles. The van der Waals surface area contributed by atoms with Crippen molar-refractivity contribution in [2.24, 2.45) is 0 Å². The first-order valence-corrected chi connectivity index (χ1v) is 8.03. The van der Waals surface area contributed by atoms with Crippen molar-refractivity contribution in [2.75, 3.05) is 5.32 Å². The van der Waals surface area contributed by atoms with E-state index in [4.69, 9.17) is 0 Å². The first-order valence-electron chi connectivity index (χ1n) is 6.22. The molecule has 0 fully saturated rings. The minimum Gasteiger partial charge on any atom is -0.330 e. The highest BCUT2D eigenvalue weighted by Crippen LogP contribution is 2.29. The van der Waals surface area contributed by atoms with Crippen LogP contribution in [-0.4, -0.2) is 10.2 Å². The second-order valence-electron chi connectivity index (χ2n) is 4.14. The van der Waals surface area contributed by atoms with Gasteiger partial charge in [-0.15, -0.1) is 10.2 Å². The van der Waals surface area contributed by atoms with Gasteiger partial charge in [0.05, 0.1) is 0 Å². The topological polar surface area (TPSA) is 37.8 Å². The predicted octanol–water partition coefficient (Wildman–Crippen LogP) is 4.57. The van der Waals surface area contributed by atoms with E-state index in [1.165, 1.54) is 5.56 Å². The molecule has 0 saturated heterocycles. The number of nitrogens with zero attached hydrogens (tertiary/aromatic N) is 2. The molecule has 1 N–H and O–H groups in total. The molecule has 0 saturated carbocycles. The van der Waals surface area contributed by atoms with E-state index < -0.39 is 0 Å². The second-order valence-corrected chi connectivity index (χ2v) is 6.34. The molecule has 1 aromatic heterocycles. The minimum absolute atomic E-state index is 0.826. The van der Waals surface area contributed by atoms with Crippen LogP contribution in [0.15, 0.2) is 65.0 Å². The number of thioether (sulfide) groups is 1. The molecule has 0 unspecified atom stereocenters. The molecule has 0 radical (unpaired) electrons. The molecule has 0 amide bonds. The van der Waals surface area contributed by atoms with E-state index in [9.17, 15) is 0 Å². The quantitative estimate of drug-likeness (QED) is 0.700. The molecule has 1 heterocycles. The van der Waals surface area contributed by atoms with Crippen LogP contribution in [0.25, 0.3) is 0 Å². The maximum absolute atomic E-state index is 4.20. The van der Waals surface area contributed by atoms with E-state index in [0.29, 0.717) is 0 Å². The van der Waals surface area contributed by atoms with E-state index in [1.807, 2.05) is 36.4 Å². The van der Waals surface area contributed by atoms with Crippen molar-refractivity contribution < 1.29 is 0 Å². The Kier molecular flexibility index (Phi) is 4.30. The average molecular weight is 299 g/mol. The van der Waals surface area contributed by atoms with Gasteiger partial charge in [0.2, 0.25) is 5.13 Å². The van der Waals surface area contributed by atoms with Gasteiger partial charge in [0.25, 0.3) is 0 Å². The lowest BCUT2D eigenvalue weighted by Crippen LogP contribution is -1.87. The number of benzene rings is 2. The van der Waals surface area contributed by atoms with Crippen LogP contribution < -0.4 is 5.32 Å². The Bertz CT molecular complexity index is 653. The Morgan fingerprint density at radius 2 is 1.60 bits per heavy atom. The van der Waals surface area contributed by atoms with Crippen LogP contribution >= 0.6 is 23.1 Å². The molecule has 0 spiro atoms. The maximum Gasteiger partial charge on any atom is 0.210 e. The highest BCUT2D eigenvalue weighted by Gasteiger charge is 2.05. The van der Waals surface area contributed by atoms with Gasteiger partial charge in [0.15, 0.2) is 4.34 Å². The molecular weight excluding hydrogens is 286 g/mol. The van der Waals surface area contributed by atoms with Gasteiger partial charge in [0, 0.05) is 11.4 Å². The van der Waals surface area contributed by atoms with Crippen molar-refractivity contribution in [3.05, 3.63) is 66.2 Å². The molecule has 0 bridgehead atoms. The van der Waals surface area contributed by atoms with Crippen LogP contribution in [0.5, 0.6) is 0 Å². The zero-order valence-electron chi connectivity index (χ0n) is 10.7. The number of nitrogens with one attached hydrogen (secondary N) is 1. The molecular formula is C15H13N3S2. The summed E-state index contributed by atoms with van der Waals surface area (Å²) >= 11 is 3.29. The molecule has 100 valence electrons. The number of hydrogen-bond acceptors (Lipinski definition) is 5. The monoisotopic (exact) mass is 299 g/mol. The summed E-state index contributed by atoms with van der Waals surface area (Å²) in [6, 6.07) is 20.4. The predicted molar refractivity (Wildman–Crippen MR) is 85.6 cm³/mol. The number of rotatable bonds is 5. The molecule has 20 heavy (non-hydrogen) atoms. The maximum atomic E-state index is 4.20. The normalized spacial score (nSPS) is 10.4. The summed E-state index contributed by atoms with van der Waals surface area (Å²) in [7, 11) is 0. The van der Waals surface area contributed by atoms with Gasteiger partial charge < -0.3 is 5.32 Å². The van der Waals surface area contributed by atoms with Crippen LogP contribution in [0.4, 0.5) is 10.8 Å². The number of aromatic nitrogens is 2. The van der Waals surface area contributed by atoms with Crippen molar-refractivity contribution in [1.29, 1.82) is 0 Å². The summed E-state index contributed by atoms with van der Waals surface area (Å²) < 4.78 is 0.979. The molecule has 5 heteroatoms. The Labute approximate surface area is 126 Å². The van der Waals surface area contributed by atoms with Crippen LogP contribution in [0.1, 0.15) is 5.56 Å². The molecule has 0 aliphatic carbocycles. The fourth-order valence-corrected chi connectivity index (χ4v) is 3.41. The van der Waals surface area contributed by atoms with Gasteiger partial charge in [-0.2, -0.15) is 0 Å². The van der Waals surface area contributed by atoms with E-state index in [2.05, 4.69) is 39.8 Å². The van der Waals surface area contributed by atoms with Crippen LogP contribution in [0.2, 0.25) is 0 Å². The standard InChI is InChI=1S/C15H13N3S2/c1-3-7-12(8-4-1)11-19-15-18-17-14(20-15)16-13-9-5-2-6-10-13/h1-10H,11H2,(H,16,17). The summed E-state index contributed by atoms with van der Waals surface area (Å²) in [5.74, 6) is 0.917. The van der Waals surface area contributed by atoms with Crippen LogP contribution in [0, 0.1) is 0 Å². The number of para-hydroxylation sites is 1. The van der Waals surface area contributed by atoms with Gasteiger partial charge in [0.1, 0.15) is 0 Å². The van der Waals surface area contributed by atoms with Crippen molar-refractivity contribution in [3.8, 4) is 0 Å². The summed E-state index contributed by atoms with van der Waals surface area (Å²) in [5.41, 5.74) is 2.33. The van der Waals surface area contributed by atoms with Crippen molar-refractivity contribution in [3.63, 3.8) is 0 Å². The summed E-state index contributed by atoms with van der Waals surface area (Å²) in [6.45, 7) is 0. The van der Waals surface area contributed by atoms with Crippen molar-refractivity contribution in [2.45, 2.75) is 10.1 Å². The third kappa shape index (κ3) is 3.59. The summed E-state index contributed by atoms with van der Waals surface area (Å²) in [5, 5.41) is 12.4. The van der Waals surface area contributed by atoms with Gasteiger partial charge in [-0.05, 0) is 17.7 Å². The van der Waals surface area contributed by atoms with Gasteiger partial charge in [-0.3, -0.25) is 0 Å². The highest BCUT2D eigenvalue weighted by atomic mass is 32.2. The molecule has 0 atom stereocenters. The Morgan fingerprint density at radius 1 is 0.900 bits per heavy atom. The number of anilines is 2. The van der Waals surface area contributed by atoms with E-state index >= 15 is 0 Å². The second kappa shape index (κ2) is 6.54. The zero-order chi connectivity index (χ0) is 13.6. The molecule has 3 aromatic rings. The Hall–Kier alpha value is -1.85. The lowest BCUT2D eigenvalue weighted by atomic mass is 10.2. The smallest absolute Gasteiger partial charge is 0.210 e. The van der Waals surface area contributed by atoms with Gasteiger partial charge >= 0.3 is 0 Å². The number of hydrogen-bond donors (Lipinski definition) is 1. The fraction of sp³-hybridized carbons (Fsp3) is 0.0667. The molecule has 3 nitrogen and oxygen atoms in total. The minimum atomic E-state index is 0.826. The van der Waals surface area contributed by atoms with Gasteiger partial charge in [-0.1, -0.05) is 71.6 Å². The van der Waals surface area contributed by atoms with Crippen molar-refractivity contribution in [1.82, 2.24) is 10.2 Å².